The Kier molecular flexibility index (Phi) is 10.8. The molecule has 0 spiro atoms. The fourth-order valence-corrected chi connectivity index (χ4v) is 3.05. The van der Waals surface area contributed by atoms with Gasteiger partial charge in [0.15, 0.2) is 0 Å². The first-order valence-corrected chi connectivity index (χ1v) is 11.1. The smallest absolute Gasteiger partial charge is 0.305 e. The second-order valence-electron chi connectivity index (χ2n) is 8.80. The Hall–Kier alpha value is -0.690. The molecule has 0 amide bonds. The molecule has 0 aromatic rings. The SMILES string of the molecule is CCC(COCC1CO1)(COCC1CO1)COC(=O)CCCCCCC(C)C. The highest BCUT2D eigenvalue weighted by Gasteiger charge is 2.34. The van der Waals surface area contributed by atoms with Gasteiger partial charge in [0.1, 0.15) is 18.8 Å². The number of epoxide rings is 2. The van der Waals surface area contributed by atoms with Crippen LogP contribution in [0.25, 0.3) is 0 Å². The van der Waals surface area contributed by atoms with Crippen molar-refractivity contribution in [1.82, 2.24) is 0 Å². The van der Waals surface area contributed by atoms with Gasteiger partial charge >= 0.3 is 5.97 Å². The van der Waals surface area contributed by atoms with Gasteiger partial charge in [-0.25, -0.2) is 0 Å². The van der Waals surface area contributed by atoms with Crippen LogP contribution in [0.3, 0.4) is 0 Å². The third kappa shape index (κ3) is 10.7. The van der Waals surface area contributed by atoms with Crippen LogP contribution in [-0.2, 0) is 28.5 Å². The predicted molar refractivity (Wildman–Crippen MR) is 107 cm³/mol. The average molecular weight is 401 g/mol. The molecule has 164 valence electrons. The van der Waals surface area contributed by atoms with Crippen molar-refractivity contribution in [1.29, 1.82) is 0 Å². The molecule has 2 fully saturated rings. The van der Waals surface area contributed by atoms with Gasteiger partial charge in [0.05, 0.1) is 45.1 Å². The van der Waals surface area contributed by atoms with E-state index in [2.05, 4.69) is 20.8 Å². The van der Waals surface area contributed by atoms with E-state index in [-0.39, 0.29) is 23.6 Å². The van der Waals surface area contributed by atoms with Crippen molar-refractivity contribution in [3.63, 3.8) is 0 Å². The lowest BCUT2D eigenvalue weighted by atomic mass is 9.88. The summed E-state index contributed by atoms with van der Waals surface area (Å²) in [5, 5.41) is 0. The number of carbonyl (C=O) groups excluding carboxylic acids is 1. The zero-order chi connectivity index (χ0) is 20.2. The van der Waals surface area contributed by atoms with E-state index in [0.29, 0.717) is 39.5 Å². The van der Waals surface area contributed by atoms with Gasteiger partial charge in [0.25, 0.3) is 0 Å². The summed E-state index contributed by atoms with van der Waals surface area (Å²) in [5.74, 6) is 0.646. The second kappa shape index (κ2) is 12.8. The Labute approximate surface area is 170 Å². The molecule has 0 bridgehead atoms. The van der Waals surface area contributed by atoms with Gasteiger partial charge in [0, 0.05) is 6.42 Å². The number of hydrogen-bond donors (Lipinski definition) is 0. The number of ether oxygens (including phenoxy) is 5. The molecule has 0 N–H and O–H groups in total. The van der Waals surface area contributed by atoms with Crippen LogP contribution in [0.4, 0.5) is 0 Å². The van der Waals surface area contributed by atoms with E-state index in [1.165, 1.54) is 19.3 Å². The minimum Gasteiger partial charge on any atom is -0.465 e. The van der Waals surface area contributed by atoms with Crippen LogP contribution in [0.2, 0.25) is 0 Å². The maximum atomic E-state index is 12.2. The van der Waals surface area contributed by atoms with E-state index < -0.39 is 0 Å². The fourth-order valence-electron chi connectivity index (χ4n) is 3.05. The van der Waals surface area contributed by atoms with Crippen LogP contribution in [0.1, 0.15) is 65.7 Å². The lowest BCUT2D eigenvalue weighted by Crippen LogP contribution is -2.38. The van der Waals surface area contributed by atoms with Crippen molar-refractivity contribution in [2.45, 2.75) is 77.9 Å². The molecule has 6 nitrogen and oxygen atoms in total. The molecule has 0 aromatic heterocycles. The highest BCUT2D eigenvalue weighted by molar-refractivity contribution is 5.69. The van der Waals surface area contributed by atoms with Gasteiger partial charge in [-0.05, 0) is 18.8 Å². The van der Waals surface area contributed by atoms with Crippen molar-refractivity contribution >= 4 is 5.97 Å². The summed E-state index contributed by atoms with van der Waals surface area (Å²) in [6.07, 6.45) is 7.48. The van der Waals surface area contributed by atoms with Crippen LogP contribution >= 0.6 is 0 Å². The molecular formula is C22H40O6. The first-order chi connectivity index (χ1) is 13.5. The monoisotopic (exact) mass is 400 g/mol. The van der Waals surface area contributed by atoms with Gasteiger partial charge < -0.3 is 23.7 Å². The average Bonchev–Trinajstić information content (AvgIpc) is 3.57. The zero-order valence-corrected chi connectivity index (χ0v) is 18.1. The number of hydrogen-bond acceptors (Lipinski definition) is 6. The molecule has 2 heterocycles. The molecule has 0 saturated carbocycles. The number of esters is 1. The highest BCUT2D eigenvalue weighted by Crippen LogP contribution is 2.26. The van der Waals surface area contributed by atoms with Crippen molar-refractivity contribution in [2.24, 2.45) is 11.3 Å². The molecule has 2 aliphatic rings. The quantitative estimate of drug-likeness (QED) is 0.198. The largest absolute Gasteiger partial charge is 0.465 e. The maximum Gasteiger partial charge on any atom is 0.305 e. The summed E-state index contributed by atoms with van der Waals surface area (Å²) in [5.41, 5.74) is -0.309. The molecular weight excluding hydrogens is 360 g/mol. The molecule has 28 heavy (non-hydrogen) atoms. The van der Waals surface area contributed by atoms with Crippen LogP contribution in [-0.4, -0.2) is 64.4 Å². The molecule has 2 atom stereocenters. The summed E-state index contributed by atoms with van der Waals surface area (Å²) < 4.78 is 27.7. The zero-order valence-electron chi connectivity index (χ0n) is 18.1. The van der Waals surface area contributed by atoms with Gasteiger partial charge in [-0.1, -0.05) is 46.5 Å². The third-order valence-corrected chi connectivity index (χ3v) is 5.43. The van der Waals surface area contributed by atoms with E-state index in [9.17, 15) is 4.79 Å². The summed E-state index contributed by atoms with van der Waals surface area (Å²) in [6.45, 7) is 10.7. The number of unbranched alkanes of at least 4 members (excludes halogenated alkanes) is 3. The predicted octanol–water partition coefficient (Wildman–Crippen LogP) is 3.75. The molecule has 2 aliphatic heterocycles. The molecule has 0 radical (unpaired) electrons. The second-order valence-corrected chi connectivity index (χ2v) is 8.80. The van der Waals surface area contributed by atoms with Gasteiger partial charge in [-0.3, -0.25) is 4.79 Å². The lowest BCUT2D eigenvalue weighted by molar-refractivity contribution is -0.152. The topological polar surface area (TPSA) is 69.8 Å². The molecule has 2 saturated heterocycles. The van der Waals surface area contributed by atoms with E-state index in [1.54, 1.807) is 0 Å². The van der Waals surface area contributed by atoms with Gasteiger partial charge in [-0.2, -0.15) is 0 Å². The standard InChI is InChI=1S/C22H40O6/c1-4-22(15-24-11-19-13-26-19,16-25-12-20-14-27-20)17-28-21(23)10-8-6-5-7-9-18(2)3/h18-20H,4-17H2,1-3H3. The van der Waals surface area contributed by atoms with Crippen molar-refractivity contribution in [3.05, 3.63) is 0 Å². The highest BCUT2D eigenvalue weighted by atomic mass is 16.6. The maximum absolute atomic E-state index is 12.2. The number of carbonyl (C=O) groups is 1. The summed E-state index contributed by atoms with van der Waals surface area (Å²) in [4.78, 5) is 12.2. The Morgan fingerprint density at radius 3 is 2.04 bits per heavy atom. The van der Waals surface area contributed by atoms with Crippen LogP contribution in [0, 0.1) is 11.3 Å². The Bertz CT molecular complexity index is 413. The Morgan fingerprint density at radius 1 is 0.964 bits per heavy atom. The first kappa shape index (κ1) is 23.6. The molecule has 6 heteroatoms. The molecule has 2 unspecified atom stereocenters. The van der Waals surface area contributed by atoms with Crippen LogP contribution in [0.5, 0.6) is 0 Å². The lowest BCUT2D eigenvalue weighted by Gasteiger charge is -2.31. The fraction of sp³-hybridized carbons (Fsp3) is 0.955. The van der Waals surface area contributed by atoms with Crippen molar-refractivity contribution < 1.29 is 28.5 Å². The van der Waals surface area contributed by atoms with Crippen molar-refractivity contribution in [2.75, 3.05) is 46.2 Å². The summed E-state index contributed by atoms with van der Waals surface area (Å²) in [7, 11) is 0. The Balaban J connectivity index is 1.65. The van der Waals surface area contributed by atoms with Crippen LogP contribution < -0.4 is 0 Å². The summed E-state index contributed by atoms with van der Waals surface area (Å²) >= 11 is 0. The molecule has 0 aromatic carbocycles. The van der Waals surface area contributed by atoms with Crippen LogP contribution in [0.15, 0.2) is 0 Å². The van der Waals surface area contributed by atoms with Gasteiger partial charge in [-0.15, -0.1) is 0 Å². The Morgan fingerprint density at radius 2 is 1.54 bits per heavy atom. The van der Waals surface area contributed by atoms with E-state index in [0.717, 1.165) is 38.4 Å². The molecule has 2 rings (SSSR count). The van der Waals surface area contributed by atoms with E-state index in [4.69, 9.17) is 23.7 Å². The minimum atomic E-state index is -0.309. The van der Waals surface area contributed by atoms with E-state index in [1.807, 2.05) is 0 Å². The van der Waals surface area contributed by atoms with E-state index >= 15 is 0 Å². The van der Waals surface area contributed by atoms with Gasteiger partial charge in [0.2, 0.25) is 0 Å². The third-order valence-electron chi connectivity index (χ3n) is 5.43. The number of rotatable bonds is 18. The molecule has 0 aliphatic carbocycles. The normalized spacial score (nSPS) is 22.9. The minimum absolute atomic E-state index is 0.113. The summed E-state index contributed by atoms with van der Waals surface area (Å²) in [6, 6.07) is 0. The van der Waals surface area contributed by atoms with Crippen molar-refractivity contribution in [3.8, 4) is 0 Å². The first-order valence-electron chi connectivity index (χ1n) is 11.1.